The predicted octanol–water partition coefficient (Wildman–Crippen LogP) is 1.57. The monoisotopic (exact) mass is 179 g/mol. The van der Waals surface area contributed by atoms with E-state index < -0.39 is 11.0 Å². The Morgan fingerprint density at radius 1 is 1.54 bits per heavy atom. The van der Waals surface area contributed by atoms with Crippen LogP contribution in [0.1, 0.15) is 23.7 Å². The summed E-state index contributed by atoms with van der Waals surface area (Å²) in [5, 5.41) is 20.1. The highest BCUT2D eigenvalue weighted by atomic mass is 16.6. The average molecular weight is 179 g/mol. The van der Waals surface area contributed by atoms with Gasteiger partial charge in [0.25, 0.3) is 5.69 Å². The van der Waals surface area contributed by atoms with Gasteiger partial charge in [-0.25, -0.2) is 0 Å². The molecule has 2 rings (SSSR count). The minimum atomic E-state index is -0.656. The van der Waals surface area contributed by atoms with Gasteiger partial charge in [-0.3, -0.25) is 10.1 Å². The lowest BCUT2D eigenvalue weighted by Crippen LogP contribution is -1.98. The van der Waals surface area contributed by atoms with Gasteiger partial charge in [0.1, 0.15) is 0 Å². The molecular formula is C9H9NO3. The van der Waals surface area contributed by atoms with Crippen LogP contribution in [0.25, 0.3) is 0 Å². The number of fused-ring (bicyclic) bond motifs is 1. The zero-order valence-corrected chi connectivity index (χ0v) is 6.93. The number of aliphatic hydroxyl groups is 1. The maximum Gasteiger partial charge on any atom is 0.275 e. The summed E-state index contributed by atoms with van der Waals surface area (Å²) in [7, 11) is 0. The molecule has 0 heterocycles. The number of nitro groups is 1. The van der Waals surface area contributed by atoms with E-state index in [1.54, 1.807) is 6.07 Å². The smallest absolute Gasteiger partial charge is 0.275 e. The molecule has 0 fully saturated rings. The van der Waals surface area contributed by atoms with Crippen LogP contribution in [-0.2, 0) is 6.42 Å². The molecule has 1 unspecified atom stereocenters. The molecule has 0 aromatic heterocycles. The van der Waals surface area contributed by atoms with Crippen LogP contribution in [0.3, 0.4) is 0 Å². The molecule has 0 bridgehead atoms. The largest absolute Gasteiger partial charge is 0.388 e. The summed E-state index contributed by atoms with van der Waals surface area (Å²) in [6, 6.07) is 4.93. The van der Waals surface area contributed by atoms with Crippen molar-refractivity contribution in [3.63, 3.8) is 0 Å². The van der Waals surface area contributed by atoms with Crippen LogP contribution >= 0.6 is 0 Å². The number of aliphatic hydroxyl groups excluding tert-OH is 1. The zero-order valence-electron chi connectivity index (χ0n) is 6.93. The van der Waals surface area contributed by atoms with Crippen LogP contribution in [0.5, 0.6) is 0 Å². The maximum absolute atomic E-state index is 10.6. The molecule has 0 spiro atoms. The summed E-state index contributed by atoms with van der Waals surface area (Å²) in [6.45, 7) is 0. The SMILES string of the molecule is O=[N+]([O-])c1cccc2c1C(O)CC2. The fourth-order valence-electron chi connectivity index (χ4n) is 1.80. The van der Waals surface area contributed by atoms with Crippen molar-refractivity contribution in [2.24, 2.45) is 0 Å². The summed E-state index contributed by atoms with van der Waals surface area (Å²) in [5.41, 5.74) is 1.46. The lowest BCUT2D eigenvalue weighted by Gasteiger charge is -2.03. The Bertz CT molecular complexity index is 362. The van der Waals surface area contributed by atoms with Gasteiger partial charge >= 0.3 is 0 Å². The Hall–Kier alpha value is -1.42. The van der Waals surface area contributed by atoms with E-state index in [1.807, 2.05) is 6.07 Å². The van der Waals surface area contributed by atoms with Crippen molar-refractivity contribution in [1.82, 2.24) is 0 Å². The number of nitro benzene ring substituents is 1. The van der Waals surface area contributed by atoms with E-state index in [-0.39, 0.29) is 5.69 Å². The second-order valence-corrected chi connectivity index (χ2v) is 3.16. The number of nitrogens with zero attached hydrogens (tertiary/aromatic N) is 1. The van der Waals surface area contributed by atoms with Gasteiger partial charge in [-0.1, -0.05) is 12.1 Å². The lowest BCUT2D eigenvalue weighted by atomic mass is 10.1. The molecular weight excluding hydrogens is 170 g/mol. The Balaban J connectivity index is 2.60. The van der Waals surface area contributed by atoms with E-state index >= 15 is 0 Å². The van der Waals surface area contributed by atoms with Crippen molar-refractivity contribution in [1.29, 1.82) is 0 Å². The summed E-state index contributed by atoms with van der Waals surface area (Å²) in [5.74, 6) is 0. The van der Waals surface area contributed by atoms with Gasteiger partial charge in [0.05, 0.1) is 16.6 Å². The Morgan fingerprint density at radius 2 is 2.31 bits per heavy atom. The highest BCUT2D eigenvalue weighted by Crippen LogP contribution is 2.37. The summed E-state index contributed by atoms with van der Waals surface area (Å²) in [6.07, 6.45) is 0.676. The number of benzene rings is 1. The first-order chi connectivity index (χ1) is 6.20. The second-order valence-electron chi connectivity index (χ2n) is 3.16. The molecule has 0 amide bonds. The van der Waals surface area contributed by atoms with Gasteiger partial charge in [0.15, 0.2) is 0 Å². The second kappa shape index (κ2) is 2.81. The van der Waals surface area contributed by atoms with Gasteiger partial charge in [-0.05, 0) is 18.4 Å². The molecule has 1 aliphatic rings. The first-order valence-electron chi connectivity index (χ1n) is 4.14. The molecule has 0 saturated heterocycles. The van der Waals surface area contributed by atoms with E-state index in [9.17, 15) is 15.2 Å². The predicted molar refractivity (Wildman–Crippen MR) is 46.4 cm³/mol. The topological polar surface area (TPSA) is 63.4 Å². The van der Waals surface area contributed by atoms with E-state index in [2.05, 4.69) is 0 Å². The fourth-order valence-corrected chi connectivity index (χ4v) is 1.80. The van der Waals surface area contributed by atoms with Crippen molar-refractivity contribution in [3.8, 4) is 0 Å². The van der Waals surface area contributed by atoms with Crippen molar-refractivity contribution < 1.29 is 10.0 Å². The Morgan fingerprint density at radius 3 is 3.00 bits per heavy atom. The molecule has 0 saturated carbocycles. The van der Waals surface area contributed by atoms with Crippen molar-refractivity contribution in [2.75, 3.05) is 0 Å². The van der Waals surface area contributed by atoms with E-state index in [4.69, 9.17) is 0 Å². The lowest BCUT2D eigenvalue weighted by molar-refractivity contribution is -0.386. The van der Waals surface area contributed by atoms with Crippen molar-refractivity contribution in [2.45, 2.75) is 18.9 Å². The molecule has 1 aliphatic carbocycles. The highest BCUT2D eigenvalue weighted by molar-refractivity contribution is 5.49. The minimum Gasteiger partial charge on any atom is -0.388 e. The normalized spacial score (nSPS) is 19.9. The first kappa shape index (κ1) is 8.19. The van der Waals surface area contributed by atoms with E-state index in [1.165, 1.54) is 6.07 Å². The van der Waals surface area contributed by atoms with E-state index in [0.717, 1.165) is 12.0 Å². The number of hydrogen-bond donors (Lipinski definition) is 1. The minimum absolute atomic E-state index is 0.0440. The van der Waals surface area contributed by atoms with Crippen LogP contribution in [0, 0.1) is 10.1 Å². The number of rotatable bonds is 1. The maximum atomic E-state index is 10.6. The average Bonchev–Trinajstić information content (AvgIpc) is 2.48. The van der Waals surface area contributed by atoms with Gasteiger partial charge < -0.3 is 5.11 Å². The molecule has 4 nitrogen and oxygen atoms in total. The standard InChI is InChI=1S/C9H9NO3/c11-8-5-4-6-2-1-3-7(9(6)8)10(12)13/h1-3,8,11H,4-5H2. The molecule has 68 valence electrons. The van der Waals surface area contributed by atoms with Gasteiger partial charge in [-0.15, -0.1) is 0 Å². The molecule has 1 aromatic rings. The highest BCUT2D eigenvalue weighted by Gasteiger charge is 2.28. The number of hydrogen-bond acceptors (Lipinski definition) is 3. The third-order valence-electron chi connectivity index (χ3n) is 2.39. The zero-order chi connectivity index (χ0) is 9.42. The number of aryl methyl sites for hydroxylation is 1. The molecule has 4 heteroatoms. The Labute approximate surface area is 75.0 Å². The van der Waals surface area contributed by atoms with Gasteiger partial charge in [0.2, 0.25) is 0 Å². The van der Waals surface area contributed by atoms with Crippen LogP contribution in [0.15, 0.2) is 18.2 Å². The third-order valence-corrected chi connectivity index (χ3v) is 2.39. The fraction of sp³-hybridized carbons (Fsp3) is 0.333. The summed E-state index contributed by atoms with van der Waals surface area (Å²) in [4.78, 5) is 10.2. The molecule has 1 aromatic carbocycles. The molecule has 0 radical (unpaired) electrons. The quantitative estimate of drug-likeness (QED) is 0.525. The molecule has 1 N–H and O–H groups in total. The van der Waals surface area contributed by atoms with Gasteiger partial charge in [0, 0.05) is 6.07 Å². The third kappa shape index (κ3) is 1.19. The van der Waals surface area contributed by atoms with Crippen LogP contribution in [0.2, 0.25) is 0 Å². The first-order valence-corrected chi connectivity index (χ1v) is 4.14. The Kier molecular flexibility index (Phi) is 1.77. The molecule has 13 heavy (non-hydrogen) atoms. The van der Waals surface area contributed by atoms with Crippen LogP contribution in [0.4, 0.5) is 5.69 Å². The molecule has 0 aliphatic heterocycles. The van der Waals surface area contributed by atoms with Crippen LogP contribution < -0.4 is 0 Å². The van der Waals surface area contributed by atoms with E-state index in [0.29, 0.717) is 12.0 Å². The van der Waals surface area contributed by atoms with Crippen LogP contribution in [-0.4, -0.2) is 10.0 Å². The summed E-state index contributed by atoms with van der Waals surface area (Å²) >= 11 is 0. The van der Waals surface area contributed by atoms with Crippen molar-refractivity contribution in [3.05, 3.63) is 39.4 Å². The molecule has 1 atom stereocenters. The summed E-state index contributed by atoms with van der Waals surface area (Å²) < 4.78 is 0. The van der Waals surface area contributed by atoms with Gasteiger partial charge in [-0.2, -0.15) is 0 Å². The van der Waals surface area contributed by atoms with Crippen molar-refractivity contribution >= 4 is 5.69 Å².